The van der Waals surface area contributed by atoms with Gasteiger partial charge in [0, 0.05) is 45.8 Å². The number of piperazine rings is 1. The Labute approximate surface area is 114 Å². The Hall–Kier alpha value is -1.39. The summed E-state index contributed by atoms with van der Waals surface area (Å²) in [7, 11) is 0. The van der Waals surface area contributed by atoms with Gasteiger partial charge in [-0.1, -0.05) is 30.3 Å². The van der Waals surface area contributed by atoms with E-state index >= 15 is 0 Å². The predicted octanol–water partition coefficient (Wildman–Crippen LogP) is 0.550. The van der Waals surface area contributed by atoms with Crippen molar-refractivity contribution in [3.05, 3.63) is 35.9 Å². The predicted molar refractivity (Wildman–Crippen MR) is 74.7 cm³/mol. The maximum absolute atomic E-state index is 12.1. The molecule has 0 spiro atoms. The van der Waals surface area contributed by atoms with Crippen molar-refractivity contribution in [1.82, 2.24) is 15.1 Å². The molecule has 0 aromatic heterocycles. The van der Waals surface area contributed by atoms with Gasteiger partial charge in [-0.3, -0.25) is 9.69 Å². The summed E-state index contributed by atoms with van der Waals surface area (Å²) in [6.45, 7) is 6.45. The number of nitrogens with zero attached hydrogens (tertiary/aromatic N) is 2. The van der Waals surface area contributed by atoms with Crippen LogP contribution in [0.3, 0.4) is 0 Å². The Kier molecular flexibility index (Phi) is 3.80. The summed E-state index contributed by atoms with van der Waals surface area (Å²) >= 11 is 0. The molecule has 2 saturated heterocycles. The molecule has 3 rings (SSSR count). The number of benzene rings is 1. The summed E-state index contributed by atoms with van der Waals surface area (Å²) in [5, 5.41) is 3.16. The first-order valence-corrected chi connectivity index (χ1v) is 7.09. The smallest absolute Gasteiger partial charge is 0.228 e. The van der Waals surface area contributed by atoms with Gasteiger partial charge in [-0.2, -0.15) is 0 Å². The van der Waals surface area contributed by atoms with Gasteiger partial charge in [-0.05, 0) is 5.56 Å². The molecule has 0 saturated carbocycles. The van der Waals surface area contributed by atoms with E-state index < -0.39 is 0 Å². The quantitative estimate of drug-likeness (QED) is 0.861. The van der Waals surface area contributed by atoms with Crippen molar-refractivity contribution in [2.24, 2.45) is 5.92 Å². The van der Waals surface area contributed by atoms with E-state index in [1.807, 2.05) is 11.0 Å². The zero-order chi connectivity index (χ0) is 13.1. The van der Waals surface area contributed by atoms with Gasteiger partial charge in [0.25, 0.3) is 0 Å². The highest BCUT2D eigenvalue weighted by atomic mass is 16.2. The molecule has 0 atom stereocenters. The van der Waals surface area contributed by atoms with Gasteiger partial charge in [0.1, 0.15) is 0 Å². The minimum atomic E-state index is 0.237. The molecule has 2 aliphatic heterocycles. The van der Waals surface area contributed by atoms with E-state index in [0.29, 0.717) is 5.91 Å². The van der Waals surface area contributed by atoms with Crippen molar-refractivity contribution in [1.29, 1.82) is 0 Å². The topological polar surface area (TPSA) is 35.6 Å². The lowest BCUT2D eigenvalue weighted by molar-refractivity contribution is -0.138. The second-order valence-electron chi connectivity index (χ2n) is 5.44. The van der Waals surface area contributed by atoms with Crippen LogP contribution in [0.4, 0.5) is 0 Å². The lowest BCUT2D eigenvalue weighted by atomic mass is 10.0. The zero-order valence-corrected chi connectivity index (χ0v) is 11.2. The summed E-state index contributed by atoms with van der Waals surface area (Å²) in [6.07, 6.45) is 0. The van der Waals surface area contributed by atoms with E-state index in [1.165, 1.54) is 5.56 Å². The first-order valence-electron chi connectivity index (χ1n) is 7.09. The summed E-state index contributed by atoms with van der Waals surface area (Å²) in [5.41, 5.74) is 1.35. The second-order valence-corrected chi connectivity index (χ2v) is 5.44. The highest BCUT2D eigenvalue weighted by Gasteiger charge is 2.30. The Balaban J connectivity index is 1.48. The van der Waals surface area contributed by atoms with Crippen LogP contribution in [-0.4, -0.2) is 55.0 Å². The molecule has 2 fully saturated rings. The van der Waals surface area contributed by atoms with Crippen LogP contribution in [-0.2, 0) is 11.3 Å². The van der Waals surface area contributed by atoms with Gasteiger partial charge in [0.2, 0.25) is 5.91 Å². The Morgan fingerprint density at radius 1 is 1.11 bits per heavy atom. The number of carbonyl (C=O) groups excluding carboxylic acids is 1. The Morgan fingerprint density at radius 2 is 1.79 bits per heavy atom. The highest BCUT2D eigenvalue weighted by molar-refractivity contribution is 5.80. The molecule has 2 aliphatic rings. The highest BCUT2D eigenvalue weighted by Crippen LogP contribution is 2.13. The number of rotatable bonds is 3. The number of amides is 1. The van der Waals surface area contributed by atoms with Gasteiger partial charge in [0.15, 0.2) is 0 Å². The fourth-order valence-corrected chi connectivity index (χ4v) is 2.69. The van der Waals surface area contributed by atoms with E-state index in [-0.39, 0.29) is 5.92 Å². The third-order valence-electron chi connectivity index (χ3n) is 4.06. The summed E-state index contributed by atoms with van der Waals surface area (Å²) in [6, 6.07) is 10.5. The van der Waals surface area contributed by atoms with Gasteiger partial charge in [-0.25, -0.2) is 0 Å². The molecule has 0 unspecified atom stereocenters. The molecule has 19 heavy (non-hydrogen) atoms. The molecular formula is C15H21N3O. The van der Waals surface area contributed by atoms with Crippen LogP contribution in [0.1, 0.15) is 5.56 Å². The first-order chi connectivity index (χ1) is 9.33. The normalized spacial score (nSPS) is 21.2. The van der Waals surface area contributed by atoms with Gasteiger partial charge < -0.3 is 10.2 Å². The number of nitrogens with one attached hydrogen (secondary N) is 1. The minimum absolute atomic E-state index is 0.237. The summed E-state index contributed by atoms with van der Waals surface area (Å²) in [5.74, 6) is 0.582. The van der Waals surface area contributed by atoms with E-state index in [4.69, 9.17) is 0 Å². The van der Waals surface area contributed by atoms with Crippen molar-refractivity contribution in [2.75, 3.05) is 39.3 Å². The SMILES string of the molecule is O=C(C1CNC1)N1CCN(Cc2ccccc2)CC1. The van der Waals surface area contributed by atoms with Crippen LogP contribution in [0.5, 0.6) is 0 Å². The van der Waals surface area contributed by atoms with Crippen molar-refractivity contribution in [3.63, 3.8) is 0 Å². The standard InChI is InChI=1S/C15H21N3O/c19-15(14-10-16-11-14)18-8-6-17(7-9-18)12-13-4-2-1-3-5-13/h1-5,14,16H,6-12H2. The van der Waals surface area contributed by atoms with Crippen molar-refractivity contribution < 1.29 is 4.79 Å². The Bertz CT molecular complexity index is 422. The molecule has 0 radical (unpaired) electrons. The van der Waals surface area contributed by atoms with Crippen LogP contribution in [0.15, 0.2) is 30.3 Å². The fourth-order valence-electron chi connectivity index (χ4n) is 2.69. The third-order valence-corrected chi connectivity index (χ3v) is 4.06. The van der Waals surface area contributed by atoms with E-state index in [0.717, 1.165) is 45.8 Å². The maximum atomic E-state index is 12.1. The van der Waals surface area contributed by atoms with Gasteiger partial charge >= 0.3 is 0 Å². The maximum Gasteiger partial charge on any atom is 0.228 e. The van der Waals surface area contributed by atoms with Crippen LogP contribution in [0, 0.1) is 5.92 Å². The molecule has 0 aliphatic carbocycles. The van der Waals surface area contributed by atoms with E-state index in [1.54, 1.807) is 0 Å². The van der Waals surface area contributed by atoms with Crippen LogP contribution in [0.25, 0.3) is 0 Å². The van der Waals surface area contributed by atoms with Crippen molar-refractivity contribution in [3.8, 4) is 0 Å². The van der Waals surface area contributed by atoms with Crippen molar-refractivity contribution in [2.45, 2.75) is 6.54 Å². The first kappa shape index (κ1) is 12.6. The average molecular weight is 259 g/mol. The molecule has 4 nitrogen and oxygen atoms in total. The number of hydrogen-bond donors (Lipinski definition) is 1. The summed E-state index contributed by atoms with van der Waals surface area (Å²) in [4.78, 5) is 16.6. The molecular weight excluding hydrogens is 238 g/mol. The van der Waals surface area contributed by atoms with Gasteiger partial charge in [-0.15, -0.1) is 0 Å². The van der Waals surface area contributed by atoms with Crippen LogP contribution >= 0.6 is 0 Å². The number of hydrogen-bond acceptors (Lipinski definition) is 3. The van der Waals surface area contributed by atoms with E-state index in [2.05, 4.69) is 34.5 Å². The lowest BCUT2D eigenvalue weighted by Gasteiger charge is -2.38. The third kappa shape index (κ3) is 2.96. The molecule has 1 aromatic rings. The second kappa shape index (κ2) is 5.72. The largest absolute Gasteiger partial charge is 0.340 e. The number of carbonyl (C=O) groups is 1. The fraction of sp³-hybridized carbons (Fsp3) is 0.533. The molecule has 1 aromatic carbocycles. The molecule has 0 bridgehead atoms. The van der Waals surface area contributed by atoms with Crippen LogP contribution in [0.2, 0.25) is 0 Å². The lowest BCUT2D eigenvalue weighted by Crippen LogP contribution is -2.56. The van der Waals surface area contributed by atoms with Gasteiger partial charge in [0.05, 0.1) is 5.92 Å². The summed E-state index contributed by atoms with van der Waals surface area (Å²) < 4.78 is 0. The zero-order valence-electron chi connectivity index (χ0n) is 11.2. The van der Waals surface area contributed by atoms with E-state index in [9.17, 15) is 4.79 Å². The molecule has 4 heteroatoms. The molecule has 2 heterocycles. The molecule has 1 amide bonds. The van der Waals surface area contributed by atoms with Crippen molar-refractivity contribution >= 4 is 5.91 Å². The molecule has 102 valence electrons. The Morgan fingerprint density at radius 3 is 2.37 bits per heavy atom. The van der Waals surface area contributed by atoms with Crippen LogP contribution < -0.4 is 5.32 Å². The average Bonchev–Trinajstić information content (AvgIpc) is 2.39. The molecule has 1 N–H and O–H groups in total. The monoisotopic (exact) mass is 259 g/mol. The minimum Gasteiger partial charge on any atom is -0.340 e.